The van der Waals surface area contributed by atoms with Gasteiger partial charge in [0.15, 0.2) is 16.0 Å². The third kappa shape index (κ3) is 4.05. The minimum absolute atomic E-state index is 0.256. The fraction of sp³-hybridized carbons (Fsp3) is 0.450. The van der Waals surface area contributed by atoms with E-state index in [0.29, 0.717) is 24.0 Å². The first-order chi connectivity index (χ1) is 13.7. The predicted octanol–water partition coefficient (Wildman–Crippen LogP) is 2.74. The molecule has 1 saturated heterocycles. The number of nitrogens with zero attached hydrogens (tertiary/aromatic N) is 3. The molecule has 3 heterocycles. The maximum Gasteiger partial charge on any atom is 0.410 e. The molecule has 1 atom stereocenters. The highest BCUT2D eigenvalue weighted by Crippen LogP contribution is 2.31. The highest BCUT2D eigenvalue weighted by Gasteiger charge is 2.28. The third-order valence-electron chi connectivity index (χ3n) is 5.06. The van der Waals surface area contributed by atoms with Crippen LogP contribution in [0.15, 0.2) is 30.5 Å². The summed E-state index contributed by atoms with van der Waals surface area (Å²) in [5.41, 5.74) is 1.50. The van der Waals surface area contributed by atoms with Crippen molar-refractivity contribution in [3.8, 4) is 0 Å². The van der Waals surface area contributed by atoms with Crippen molar-refractivity contribution in [2.24, 2.45) is 0 Å². The second kappa shape index (κ2) is 7.29. The Kier molecular flexibility index (Phi) is 4.94. The minimum Gasteiger partial charge on any atom is -0.444 e. The monoisotopic (exact) mass is 416 g/mol. The zero-order valence-corrected chi connectivity index (χ0v) is 17.5. The smallest absolute Gasteiger partial charge is 0.410 e. The van der Waals surface area contributed by atoms with Crippen molar-refractivity contribution in [1.82, 2.24) is 19.4 Å². The predicted molar refractivity (Wildman–Crippen MR) is 110 cm³/mol. The van der Waals surface area contributed by atoms with Crippen LogP contribution >= 0.6 is 0 Å². The number of hydrogen-bond donors (Lipinski definition) is 1. The number of nitrogens with one attached hydrogen (secondary N) is 1. The van der Waals surface area contributed by atoms with Gasteiger partial charge in [0.1, 0.15) is 5.60 Å². The SMILES string of the molecule is CC(C)(C)OC(=O)N1CCC(c2ccc3c(cnn3C3=CC(=O)NS3=O)c2)CC1. The standard InChI is InChI=1S/C20H24N4O4S/c1-20(2,3)28-19(26)23-8-6-13(7-9-23)14-4-5-16-15(10-14)12-21-24(16)18-11-17(25)22-29(18)27/h4-5,10-13H,6-9H2,1-3H3,(H,22,25). The molecular weight excluding hydrogens is 392 g/mol. The molecule has 0 spiro atoms. The summed E-state index contributed by atoms with van der Waals surface area (Å²) in [5, 5.41) is 5.57. The summed E-state index contributed by atoms with van der Waals surface area (Å²) in [7, 11) is -1.59. The highest BCUT2D eigenvalue weighted by atomic mass is 32.2. The van der Waals surface area contributed by atoms with Crippen molar-refractivity contribution in [2.75, 3.05) is 13.1 Å². The van der Waals surface area contributed by atoms with Crippen LogP contribution in [-0.4, -0.2) is 49.6 Å². The van der Waals surface area contributed by atoms with E-state index in [1.807, 2.05) is 32.9 Å². The summed E-state index contributed by atoms with van der Waals surface area (Å²) < 4.78 is 21.4. The molecule has 1 fully saturated rings. The number of benzene rings is 1. The van der Waals surface area contributed by atoms with E-state index in [1.54, 1.807) is 11.1 Å². The molecule has 29 heavy (non-hydrogen) atoms. The Morgan fingerprint density at radius 1 is 1.28 bits per heavy atom. The Balaban J connectivity index is 1.48. The highest BCUT2D eigenvalue weighted by molar-refractivity contribution is 7.93. The number of rotatable bonds is 2. The van der Waals surface area contributed by atoms with E-state index in [0.717, 1.165) is 23.7 Å². The maximum atomic E-state index is 12.2. The molecule has 1 unspecified atom stereocenters. The third-order valence-corrected chi connectivity index (χ3v) is 6.11. The van der Waals surface area contributed by atoms with Gasteiger partial charge in [-0.1, -0.05) is 6.07 Å². The largest absolute Gasteiger partial charge is 0.444 e. The van der Waals surface area contributed by atoms with Crippen LogP contribution in [0.5, 0.6) is 0 Å². The molecule has 2 amide bonds. The summed E-state index contributed by atoms with van der Waals surface area (Å²) in [6.07, 6.45) is 4.51. The molecule has 9 heteroatoms. The van der Waals surface area contributed by atoms with Crippen LogP contribution in [0, 0.1) is 0 Å². The fourth-order valence-electron chi connectivity index (χ4n) is 3.68. The van der Waals surface area contributed by atoms with Gasteiger partial charge in [-0.2, -0.15) is 5.10 Å². The van der Waals surface area contributed by atoms with Gasteiger partial charge in [0.25, 0.3) is 5.91 Å². The second-order valence-corrected chi connectivity index (χ2v) is 9.49. The number of carbonyl (C=O) groups excluding carboxylic acids is 2. The van der Waals surface area contributed by atoms with Crippen LogP contribution in [0.3, 0.4) is 0 Å². The molecule has 4 rings (SSSR count). The van der Waals surface area contributed by atoms with E-state index < -0.39 is 16.6 Å². The van der Waals surface area contributed by atoms with E-state index in [2.05, 4.69) is 15.9 Å². The molecule has 1 aromatic heterocycles. The molecule has 1 aromatic carbocycles. The lowest BCUT2D eigenvalue weighted by atomic mass is 9.89. The molecule has 8 nitrogen and oxygen atoms in total. The zero-order chi connectivity index (χ0) is 20.8. The van der Waals surface area contributed by atoms with Gasteiger partial charge in [-0.25, -0.2) is 13.7 Å². The first kappa shape index (κ1) is 19.6. The van der Waals surface area contributed by atoms with Gasteiger partial charge in [0, 0.05) is 24.6 Å². The molecule has 0 radical (unpaired) electrons. The quantitative estimate of drug-likeness (QED) is 0.813. The molecule has 154 valence electrons. The summed E-state index contributed by atoms with van der Waals surface area (Å²) in [4.78, 5) is 25.5. The van der Waals surface area contributed by atoms with Crippen LogP contribution < -0.4 is 4.72 Å². The molecule has 2 aliphatic heterocycles. The van der Waals surface area contributed by atoms with Crippen molar-refractivity contribution in [1.29, 1.82) is 0 Å². The number of fused-ring (bicyclic) bond motifs is 1. The topological polar surface area (TPSA) is 93.5 Å². The normalized spacial score (nSPS) is 20.7. The van der Waals surface area contributed by atoms with Gasteiger partial charge in [-0.05, 0) is 57.2 Å². The van der Waals surface area contributed by atoms with E-state index in [-0.39, 0.29) is 12.0 Å². The van der Waals surface area contributed by atoms with Crippen LogP contribution in [0.4, 0.5) is 4.79 Å². The number of piperidine rings is 1. The average molecular weight is 417 g/mol. The Hall–Kier alpha value is -2.68. The average Bonchev–Trinajstić information content (AvgIpc) is 3.22. The molecule has 2 aromatic rings. The Morgan fingerprint density at radius 2 is 2.00 bits per heavy atom. The van der Waals surface area contributed by atoms with Crippen molar-refractivity contribution < 1.29 is 18.5 Å². The summed E-state index contributed by atoms with van der Waals surface area (Å²) in [6.45, 7) is 6.94. The first-order valence-electron chi connectivity index (χ1n) is 9.61. The fourth-order valence-corrected chi connectivity index (χ4v) is 4.54. The summed E-state index contributed by atoms with van der Waals surface area (Å²) in [6, 6.07) is 6.07. The van der Waals surface area contributed by atoms with Gasteiger partial charge >= 0.3 is 6.09 Å². The van der Waals surface area contributed by atoms with Crippen molar-refractivity contribution in [2.45, 2.75) is 45.1 Å². The molecular formula is C20H24N4O4S. The van der Waals surface area contributed by atoms with Crippen molar-refractivity contribution >= 4 is 38.9 Å². The lowest BCUT2D eigenvalue weighted by Gasteiger charge is -2.33. The van der Waals surface area contributed by atoms with E-state index in [9.17, 15) is 13.8 Å². The zero-order valence-electron chi connectivity index (χ0n) is 16.7. The number of likely N-dealkylation sites (tertiary alicyclic amines) is 1. The second-order valence-electron chi connectivity index (χ2n) is 8.33. The Labute approximate surface area is 171 Å². The molecule has 2 aliphatic rings. The van der Waals surface area contributed by atoms with E-state index >= 15 is 0 Å². The van der Waals surface area contributed by atoms with Crippen molar-refractivity contribution in [3.63, 3.8) is 0 Å². The molecule has 0 bridgehead atoms. The van der Waals surface area contributed by atoms with E-state index in [4.69, 9.17) is 4.74 Å². The summed E-state index contributed by atoms with van der Waals surface area (Å²) >= 11 is 0. The van der Waals surface area contributed by atoms with Gasteiger partial charge in [0.2, 0.25) is 0 Å². The van der Waals surface area contributed by atoms with Crippen LogP contribution in [0.2, 0.25) is 0 Å². The maximum absolute atomic E-state index is 12.2. The number of hydrogen-bond acceptors (Lipinski definition) is 5. The van der Waals surface area contributed by atoms with Gasteiger partial charge in [-0.15, -0.1) is 0 Å². The van der Waals surface area contributed by atoms with Gasteiger partial charge in [-0.3, -0.25) is 9.52 Å². The molecule has 0 aliphatic carbocycles. The minimum atomic E-state index is -1.59. The van der Waals surface area contributed by atoms with E-state index in [1.165, 1.54) is 16.3 Å². The van der Waals surface area contributed by atoms with Crippen LogP contribution in [0.1, 0.15) is 45.1 Å². The lowest BCUT2D eigenvalue weighted by molar-refractivity contribution is -0.114. The molecule has 0 saturated carbocycles. The van der Waals surface area contributed by atoms with Crippen molar-refractivity contribution in [3.05, 3.63) is 36.0 Å². The Bertz CT molecular complexity index is 1030. The number of carbonyl (C=O) groups is 2. The number of ether oxygens (including phenoxy) is 1. The summed E-state index contributed by atoms with van der Waals surface area (Å²) in [5.74, 6) is -0.0279. The van der Waals surface area contributed by atoms with Gasteiger partial charge in [0.05, 0.1) is 11.7 Å². The lowest BCUT2D eigenvalue weighted by Crippen LogP contribution is -2.41. The molecule has 1 N–H and O–H groups in total. The van der Waals surface area contributed by atoms with Crippen LogP contribution in [0.25, 0.3) is 15.9 Å². The first-order valence-corrected chi connectivity index (χ1v) is 10.8. The van der Waals surface area contributed by atoms with Gasteiger partial charge < -0.3 is 9.64 Å². The Morgan fingerprint density at radius 3 is 2.62 bits per heavy atom. The number of amides is 2. The number of aromatic nitrogens is 2. The van der Waals surface area contributed by atoms with Crippen LogP contribution in [-0.2, 0) is 20.5 Å².